The first-order chi connectivity index (χ1) is 7.33. The van der Waals surface area contributed by atoms with Crippen LogP contribution in [0.25, 0.3) is 0 Å². The van der Waals surface area contributed by atoms with E-state index in [1.165, 1.54) is 26.1 Å². The highest BCUT2D eigenvalue weighted by Gasteiger charge is 2.34. The third kappa shape index (κ3) is 2.69. The molecular formula is C11H22N2O2. The van der Waals surface area contributed by atoms with Gasteiger partial charge in [0, 0.05) is 33.9 Å². The van der Waals surface area contributed by atoms with Crippen molar-refractivity contribution < 1.29 is 9.47 Å². The molecule has 4 nitrogen and oxygen atoms in total. The molecule has 0 bridgehead atoms. The molecule has 2 rings (SSSR count). The van der Waals surface area contributed by atoms with Crippen LogP contribution in [0.3, 0.4) is 0 Å². The molecule has 0 radical (unpaired) electrons. The SMILES string of the molecule is COC1CN(CC2CCNC2)CC1OC. The Morgan fingerprint density at radius 2 is 1.87 bits per heavy atom. The van der Waals surface area contributed by atoms with Crippen LogP contribution in [-0.2, 0) is 9.47 Å². The molecule has 88 valence electrons. The minimum atomic E-state index is 0.254. The molecule has 2 aliphatic rings. The highest BCUT2D eigenvalue weighted by molar-refractivity contribution is 4.87. The van der Waals surface area contributed by atoms with E-state index in [2.05, 4.69) is 10.2 Å². The monoisotopic (exact) mass is 214 g/mol. The summed E-state index contributed by atoms with van der Waals surface area (Å²) in [6.07, 6.45) is 1.82. The fourth-order valence-corrected chi connectivity index (χ4v) is 2.66. The lowest BCUT2D eigenvalue weighted by molar-refractivity contribution is -0.00461. The molecule has 0 aromatic heterocycles. The van der Waals surface area contributed by atoms with Crippen molar-refractivity contribution in [3.05, 3.63) is 0 Å². The van der Waals surface area contributed by atoms with Gasteiger partial charge < -0.3 is 14.8 Å². The molecule has 2 heterocycles. The van der Waals surface area contributed by atoms with Gasteiger partial charge in [-0.25, -0.2) is 0 Å². The summed E-state index contributed by atoms with van der Waals surface area (Å²) in [4.78, 5) is 2.47. The molecule has 4 heteroatoms. The molecule has 3 atom stereocenters. The first-order valence-electron chi connectivity index (χ1n) is 5.82. The number of hydrogen-bond donors (Lipinski definition) is 1. The molecule has 0 saturated carbocycles. The fraction of sp³-hybridized carbons (Fsp3) is 1.00. The van der Waals surface area contributed by atoms with Gasteiger partial charge in [0.15, 0.2) is 0 Å². The van der Waals surface area contributed by atoms with Crippen molar-refractivity contribution in [2.24, 2.45) is 5.92 Å². The van der Waals surface area contributed by atoms with Gasteiger partial charge in [0.25, 0.3) is 0 Å². The number of nitrogens with zero attached hydrogens (tertiary/aromatic N) is 1. The molecule has 2 saturated heterocycles. The molecular weight excluding hydrogens is 192 g/mol. The number of methoxy groups -OCH3 is 2. The average molecular weight is 214 g/mol. The molecule has 0 spiro atoms. The van der Waals surface area contributed by atoms with Gasteiger partial charge in [-0.3, -0.25) is 4.90 Å². The van der Waals surface area contributed by atoms with E-state index in [9.17, 15) is 0 Å². The maximum Gasteiger partial charge on any atom is 0.0971 e. The largest absolute Gasteiger partial charge is 0.377 e. The van der Waals surface area contributed by atoms with Crippen LogP contribution in [0.5, 0.6) is 0 Å². The summed E-state index contributed by atoms with van der Waals surface area (Å²) in [5, 5.41) is 3.41. The highest BCUT2D eigenvalue weighted by atomic mass is 16.5. The van der Waals surface area contributed by atoms with E-state index in [0.29, 0.717) is 0 Å². The standard InChI is InChI=1S/C11H22N2O2/c1-14-10-7-13(8-11(10)15-2)6-9-3-4-12-5-9/h9-12H,3-8H2,1-2H3. The van der Waals surface area contributed by atoms with Crippen molar-refractivity contribution in [2.75, 3.05) is 46.9 Å². The van der Waals surface area contributed by atoms with Gasteiger partial charge in [0.1, 0.15) is 0 Å². The zero-order valence-corrected chi connectivity index (χ0v) is 9.74. The van der Waals surface area contributed by atoms with Crippen molar-refractivity contribution in [1.29, 1.82) is 0 Å². The normalized spacial score (nSPS) is 37.6. The predicted octanol–water partition coefficient (Wildman–Crippen LogP) is -0.0585. The Morgan fingerprint density at radius 1 is 1.20 bits per heavy atom. The fourth-order valence-electron chi connectivity index (χ4n) is 2.66. The molecule has 2 aliphatic heterocycles. The quantitative estimate of drug-likeness (QED) is 0.711. The lowest BCUT2D eigenvalue weighted by atomic mass is 10.1. The Morgan fingerprint density at radius 3 is 2.33 bits per heavy atom. The Bertz CT molecular complexity index is 183. The van der Waals surface area contributed by atoms with Crippen LogP contribution in [0.4, 0.5) is 0 Å². The van der Waals surface area contributed by atoms with Crippen LogP contribution in [0.1, 0.15) is 6.42 Å². The minimum absolute atomic E-state index is 0.254. The Balaban J connectivity index is 1.79. The molecule has 1 N–H and O–H groups in total. The summed E-state index contributed by atoms with van der Waals surface area (Å²) in [6, 6.07) is 0. The topological polar surface area (TPSA) is 33.7 Å². The number of ether oxygens (including phenoxy) is 2. The molecule has 0 aliphatic carbocycles. The van der Waals surface area contributed by atoms with Crippen molar-refractivity contribution in [1.82, 2.24) is 10.2 Å². The Kier molecular flexibility index (Phi) is 3.97. The van der Waals surface area contributed by atoms with Crippen LogP contribution < -0.4 is 5.32 Å². The van der Waals surface area contributed by atoms with Gasteiger partial charge in [0.2, 0.25) is 0 Å². The lowest BCUT2D eigenvalue weighted by Gasteiger charge is -2.19. The first kappa shape index (κ1) is 11.3. The van der Waals surface area contributed by atoms with Gasteiger partial charge in [-0.15, -0.1) is 0 Å². The molecule has 15 heavy (non-hydrogen) atoms. The maximum atomic E-state index is 5.43. The van der Waals surface area contributed by atoms with Crippen LogP contribution in [0, 0.1) is 5.92 Å². The van der Waals surface area contributed by atoms with Gasteiger partial charge in [-0.1, -0.05) is 0 Å². The second kappa shape index (κ2) is 5.25. The van der Waals surface area contributed by atoms with Gasteiger partial charge in [-0.2, -0.15) is 0 Å². The van der Waals surface area contributed by atoms with E-state index < -0.39 is 0 Å². The van der Waals surface area contributed by atoms with Crippen molar-refractivity contribution in [2.45, 2.75) is 18.6 Å². The summed E-state index contributed by atoms with van der Waals surface area (Å²) >= 11 is 0. The summed E-state index contributed by atoms with van der Waals surface area (Å²) in [6.45, 7) is 5.58. The maximum absolute atomic E-state index is 5.43. The van der Waals surface area contributed by atoms with E-state index in [1.807, 2.05) is 0 Å². The zero-order valence-electron chi connectivity index (χ0n) is 9.74. The van der Waals surface area contributed by atoms with E-state index in [1.54, 1.807) is 14.2 Å². The van der Waals surface area contributed by atoms with Crippen LogP contribution in [0.15, 0.2) is 0 Å². The van der Waals surface area contributed by atoms with Crippen LogP contribution in [-0.4, -0.2) is 64.1 Å². The second-order valence-electron chi connectivity index (χ2n) is 4.63. The molecule has 0 aromatic carbocycles. The van der Waals surface area contributed by atoms with E-state index in [-0.39, 0.29) is 12.2 Å². The van der Waals surface area contributed by atoms with Crippen LogP contribution in [0.2, 0.25) is 0 Å². The zero-order chi connectivity index (χ0) is 10.7. The molecule has 0 aromatic rings. The second-order valence-corrected chi connectivity index (χ2v) is 4.63. The minimum Gasteiger partial charge on any atom is -0.377 e. The number of hydrogen-bond acceptors (Lipinski definition) is 4. The number of nitrogens with one attached hydrogen (secondary N) is 1. The van der Waals surface area contributed by atoms with Gasteiger partial charge >= 0.3 is 0 Å². The highest BCUT2D eigenvalue weighted by Crippen LogP contribution is 2.18. The lowest BCUT2D eigenvalue weighted by Crippen LogP contribution is -2.29. The summed E-state index contributed by atoms with van der Waals surface area (Å²) in [5.41, 5.74) is 0. The number of rotatable bonds is 4. The predicted molar refractivity (Wildman–Crippen MR) is 59.0 cm³/mol. The summed E-state index contributed by atoms with van der Waals surface area (Å²) in [5.74, 6) is 0.818. The first-order valence-corrected chi connectivity index (χ1v) is 5.82. The molecule has 3 unspecified atom stereocenters. The summed E-state index contributed by atoms with van der Waals surface area (Å²) in [7, 11) is 3.55. The van der Waals surface area contributed by atoms with Gasteiger partial charge in [0.05, 0.1) is 12.2 Å². The molecule has 0 amide bonds. The van der Waals surface area contributed by atoms with E-state index in [4.69, 9.17) is 9.47 Å². The Labute approximate surface area is 91.9 Å². The third-order valence-corrected chi connectivity index (χ3v) is 3.58. The van der Waals surface area contributed by atoms with Crippen molar-refractivity contribution in [3.63, 3.8) is 0 Å². The summed E-state index contributed by atoms with van der Waals surface area (Å²) < 4.78 is 10.9. The smallest absolute Gasteiger partial charge is 0.0971 e. The van der Waals surface area contributed by atoms with E-state index >= 15 is 0 Å². The average Bonchev–Trinajstić information content (AvgIpc) is 2.87. The van der Waals surface area contributed by atoms with Crippen molar-refractivity contribution >= 4 is 0 Å². The van der Waals surface area contributed by atoms with Gasteiger partial charge in [-0.05, 0) is 25.4 Å². The Hall–Kier alpha value is -0.160. The number of likely N-dealkylation sites (tertiary alicyclic amines) is 1. The molecule has 2 fully saturated rings. The van der Waals surface area contributed by atoms with Crippen molar-refractivity contribution in [3.8, 4) is 0 Å². The van der Waals surface area contributed by atoms with Crippen LogP contribution >= 0.6 is 0 Å². The third-order valence-electron chi connectivity index (χ3n) is 3.58. The van der Waals surface area contributed by atoms with E-state index in [0.717, 1.165) is 19.0 Å².